The molecule has 1 fully saturated rings. The molecule has 1 aliphatic heterocycles. The summed E-state index contributed by atoms with van der Waals surface area (Å²) in [6.45, 7) is 3.59. The average Bonchev–Trinajstić information content (AvgIpc) is 2.34. The van der Waals surface area contributed by atoms with E-state index in [1.807, 2.05) is 0 Å². The predicted molar refractivity (Wildman–Crippen MR) is 61.3 cm³/mol. The molecule has 0 radical (unpaired) electrons. The third-order valence-electron chi connectivity index (χ3n) is 2.54. The molecule has 1 aliphatic rings. The van der Waals surface area contributed by atoms with E-state index in [9.17, 15) is 4.79 Å². The number of ether oxygens (including phenoxy) is 2. The van der Waals surface area contributed by atoms with Crippen molar-refractivity contribution < 1.29 is 14.3 Å². The highest BCUT2D eigenvalue weighted by atomic mass is 16.5. The Morgan fingerprint density at radius 3 is 3.06 bits per heavy atom. The van der Waals surface area contributed by atoms with Gasteiger partial charge in [0, 0.05) is 33.4 Å². The smallest absolute Gasteiger partial charge is 0.250 e. The molecular weight excluding hydrogens is 208 g/mol. The van der Waals surface area contributed by atoms with Crippen molar-refractivity contribution in [2.75, 3.05) is 40.0 Å². The van der Waals surface area contributed by atoms with Crippen LogP contribution < -0.4 is 10.6 Å². The van der Waals surface area contributed by atoms with Crippen molar-refractivity contribution in [3.8, 4) is 0 Å². The van der Waals surface area contributed by atoms with Gasteiger partial charge in [0.2, 0.25) is 5.91 Å². The molecule has 1 atom stereocenters. The Kier molecular flexibility index (Phi) is 7.12. The van der Waals surface area contributed by atoms with Crippen LogP contribution >= 0.6 is 0 Å². The molecule has 1 amide bonds. The maximum atomic E-state index is 11.6. The standard InChI is InChI=1S/C11H22N2O3/c1-15-7-4-2-3-5-13-11(14)10-9-12-6-8-16-10/h10,12H,2-9H2,1H3,(H,13,14). The van der Waals surface area contributed by atoms with Crippen LogP contribution in [0.4, 0.5) is 0 Å². The van der Waals surface area contributed by atoms with Crippen molar-refractivity contribution in [2.24, 2.45) is 0 Å². The summed E-state index contributed by atoms with van der Waals surface area (Å²) in [5.74, 6) is -0.000980. The van der Waals surface area contributed by atoms with Crippen LogP contribution in [0.1, 0.15) is 19.3 Å². The maximum Gasteiger partial charge on any atom is 0.250 e. The summed E-state index contributed by atoms with van der Waals surface area (Å²) in [4.78, 5) is 11.6. The summed E-state index contributed by atoms with van der Waals surface area (Å²) in [6.07, 6.45) is 2.81. The Morgan fingerprint density at radius 2 is 2.38 bits per heavy atom. The molecule has 0 aromatic carbocycles. The molecule has 0 saturated carbocycles. The van der Waals surface area contributed by atoms with E-state index in [1.165, 1.54) is 0 Å². The van der Waals surface area contributed by atoms with Crippen molar-refractivity contribution in [1.82, 2.24) is 10.6 Å². The molecule has 5 heteroatoms. The maximum absolute atomic E-state index is 11.6. The molecule has 94 valence electrons. The topological polar surface area (TPSA) is 59.6 Å². The van der Waals surface area contributed by atoms with E-state index in [0.717, 1.165) is 39.0 Å². The second kappa shape index (κ2) is 8.50. The van der Waals surface area contributed by atoms with E-state index >= 15 is 0 Å². The summed E-state index contributed by atoms with van der Waals surface area (Å²) in [5, 5.41) is 6.02. The number of unbranched alkanes of at least 4 members (excludes halogenated alkanes) is 2. The number of hydrogen-bond donors (Lipinski definition) is 2. The average molecular weight is 230 g/mol. The molecule has 1 unspecified atom stereocenters. The van der Waals surface area contributed by atoms with Crippen LogP contribution in [-0.2, 0) is 14.3 Å². The van der Waals surface area contributed by atoms with Gasteiger partial charge in [-0.3, -0.25) is 4.79 Å². The summed E-state index contributed by atoms with van der Waals surface area (Å²) in [7, 11) is 1.70. The SMILES string of the molecule is COCCCCCNC(=O)C1CNCCO1. The molecule has 0 aromatic rings. The van der Waals surface area contributed by atoms with Crippen molar-refractivity contribution in [3.05, 3.63) is 0 Å². The van der Waals surface area contributed by atoms with E-state index < -0.39 is 0 Å². The Labute approximate surface area is 96.9 Å². The number of carbonyl (C=O) groups excluding carboxylic acids is 1. The van der Waals surface area contributed by atoms with Gasteiger partial charge in [-0.1, -0.05) is 0 Å². The van der Waals surface area contributed by atoms with Gasteiger partial charge in [0.25, 0.3) is 0 Å². The zero-order valence-electron chi connectivity index (χ0n) is 9.96. The van der Waals surface area contributed by atoms with Gasteiger partial charge in [0.1, 0.15) is 6.10 Å². The fraction of sp³-hybridized carbons (Fsp3) is 0.909. The van der Waals surface area contributed by atoms with Crippen molar-refractivity contribution in [1.29, 1.82) is 0 Å². The lowest BCUT2D eigenvalue weighted by molar-refractivity contribution is -0.134. The first-order valence-corrected chi connectivity index (χ1v) is 5.93. The predicted octanol–water partition coefficient (Wildman–Crippen LogP) is -0.0923. The minimum atomic E-state index is -0.312. The second-order valence-corrected chi connectivity index (χ2v) is 3.91. The van der Waals surface area contributed by atoms with Gasteiger partial charge in [0.15, 0.2) is 0 Å². The highest BCUT2D eigenvalue weighted by Gasteiger charge is 2.20. The summed E-state index contributed by atoms with van der Waals surface area (Å²) in [6, 6.07) is 0. The number of methoxy groups -OCH3 is 1. The summed E-state index contributed by atoms with van der Waals surface area (Å²) < 4.78 is 10.3. The van der Waals surface area contributed by atoms with Gasteiger partial charge in [-0.15, -0.1) is 0 Å². The zero-order chi connectivity index (χ0) is 11.6. The Hall–Kier alpha value is -0.650. The molecule has 5 nitrogen and oxygen atoms in total. The first-order valence-electron chi connectivity index (χ1n) is 5.93. The normalized spacial score (nSPS) is 20.7. The fourth-order valence-electron chi connectivity index (χ4n) is 1.61. The molecule has 16 heavy (non-hydrogen) atoms. The summed E-state index contributed by atoms with van der Waals surface area (Å²) >= 11 is 0. The van der Waals surface area contributed by atoms with E-state index in [-0.39, 0.29) is 12.0 Å². The second-order valence-electron chi connectivity index (χ2n) is 3.91. The van der Waals surface area contributed by atoms with Gasteiger partial charge >= 0.3 is 0 Å². The van der Waals surface area contributed by atoms with E-state index in [4.69, 9.17) is 9.47 Å². The Morgan fingerprint density at radius 1 is 1.50 bits per heavy atom. The largest absolute Gasteiger partial charge is 0.385 e. The molecule has 0 aromatic heterocycles. The minimum Gasteiger partial charge on any atom is -0.385 e. The van der Waals surface area contributed by atoms with Gasteiger partial charge in [-0.25, -0.2) is 0 Å². The lowest BCUT2D eigenvalue weighted by atomic mass is 10.2. The first kappa shape index (κ1) is 13.4. The van der Waals surface area contributed by atoms with Crippen LogP contribution in [0.15, 0.2) is 0 Å². The minimum absolute atomic E-state index is 0.000980. The zero-order valence-corrected chi connectivity index (χ0v) is 9.96. The number of rotatable bonds is 7. The molecule has 0 spiro atoms. The van der Waals surface area contributed by atoms with Gasteiger partial charge in [-0.05, 0) is 19.3 Å². The highest BCUT2D eigenvalue weighted by molar-refractivity contribution is 5.81. The monoisotopic (exact) mass is 230 g/mol. The van der Waals surface area contributed by atoms with Crippen LogP contribution in [-0.4, -0.2) is 52.0 Å². The Balaban J connectivity index is 1.97. The van der Waals surface area contributed by atoms with Gasteiger partial charge < -0.3 is 20.1 Å². The number of nitrogens with one attached hydrogen (secondary N) is 2. The van der Waals surface area contributed by atoms with E-state index in [0.29, 0.717) is 13.2 Å². The molecule has 2 N–H and O–H groups in total. The number of morpholine rings is 1. The third-order valence-corrected chi connectivity index (χ3v) is 2.54. The first-order chi connectivity index (χ1) is 7.84. The van der Waals surface area contributed by atoms with Crippen LogP contribution in [0.5, 0.6) is 0 Å². The number of amides is 1. The van der Waals surface area contributed by atoms with Crippen molar-refractivity contribution in [2.45, 2.75) is 25.4 Å². The number of carbonyl (C=O) groups is 1. The van der Waals surface area contributed by atoms with Crippen LogP contribution in [0.3, 0.4) is 0 Å². The third kappa shape index (κ3) is 5.44. The molecule has 0 aliphatic carbocycles. The molecular formula is C11H22N2O3. The molecule has 0 bridgehead atoms. The lowest BCUT2D eigenvalue weighted by Gasteiger charge is -2.22. The van der Waals surface area contributed by atoms with Crippen molar-refractivity contribution >= 4 is 5.91 Å². The highest BCUT2D eigenvalue weighted by Crippen LogP contribution is 1.97. The quantitative estimate of drug-likeness (QED) is 0.600. The molecule has 1 saturated heterocycles. The summed E-state index contributed by atoms with van der Waals surface area (Å²) in [5.41, 5.74) is 0. The fourth-order valence-corrected chi connectivity index (χ4v) is 1.61. The van der Waals surface area contributed by atoms with Gasteiger partial charge in [-0.2, -0.15) is 0 Å². The van der Waals surface area contributed by atoms with Crippen LogP contribution in [0.25, 0.3) is 0 Å². The lowest BCUT2D eigenvalue weighted by Crippen LogP contribution is -2.48. The number of hydrogen-bond acceptors (Lipinski definition) is 4. The van der Waals surface area contributed by atoms with E-state index in [2.05, 4.69) is 10.6 Å². The molecule has 1 rings (SSSR count). The van der Waals surface area contributed by atoms with Crippen LogP contribution in [0.2, 0.25) is 0 Å². The van der Waals surface area contributed by atoms with Gasteiger partial charge in [0.05, 0.1) is 6.61 Å². The Bertz CT molecular complexity index is 194. The van der Waals surface area contributed by atoms with Crippen LogP contribution in [0, 0.1) is 0 Å². The van der Waals surface area contributed by atoms with E-state index in [1.54, 1.807) is 7.11 Å². The molecule has 1 heterocycles. The van der Waals surface area contributed by atoms with Crippen molar-refractivity contribution in [3.63, 3.8) is 0 Å².